The number of benzene rings is 1. The summed E-state index contributed by atoms with van der Waals surface area (Å²) in [6, 6.07) is 6.75. The van der Waals surface area contributed by atoms with Crippen molar-refractivity contribution in [3.63, 3.8) is 0 Å². The summed E-state index contributed by atoms with van der Waals surface area (Å²) in [6.07, 6.45) is 2.91. The van der Waals surface area contributed by atoms with Gasteiger partial charge in [0.2, 0.25) is 10.0 Å². The van der Waals surface area contributed by atoms with Crippen LogP contribution in [0.1, 0.15) is 24.8 Å². The Morgan fingerprint density at radius 2 is 2.05 bits per heavy atom. The molecular weight excluding hydrogens is 262 g/mol. The third kappa shape index (κ3) is 2.81. The number of sulfonamides is 1. The molecule has 1 aromatic carbocycles. The lowest BCUT2D eigenvalue weighted by molar-refractivity contribution is 0.249. The molecule has 1 aliphatic rings. The Hall–Kier alpha value is -1.35. The van der Waals surface area contributed by atoms with Crippen molar-refractivity contribution in [1.82, 2.24) is 4.31 Å². The molecule has 0 amide bonds. The summed E-state index contributed by atoms with van der Waals surface area (Å²) < 4.78 is 26.5. The average Bonchev–Trinajstić information content (AvgIpc) is 2.34. The molecule has 0 bridgehead atoms. The minimum atomic E-state index is -3.51. The Balaban J connectivity index is 2.39. The minimum absolute atomic E-state index is 0.101. The van der Waals surface area contributed by atoms with E-state index in [1.165, 1.54) is 4.31 Å². The lowest BCUT2D eigenvalue weighted by atomic mass is 9.94. The molecule has 0 radical (unpaired) electrons. The summed E-state index contributed by atoms with van der Waals surface area (Å²) in [5, 5.41) is 8.73. The predicted octanol–water partition coefficient (Wildman–Crippen LogP) is 1.20. The highest BCUT2D eigenvalue weighted by Gasteiger charge is 2.32. The fourth-order valence-corrected chi connectivity index (χ4v) is 3.59. The number of aliphatic hydroxyl groups excluding tert-OH is 1. The molecule has 1 aliphatic carbocycles. The van der Waals surface area contributed by atoms with Gasteiger partial charge >= 0.3 is 0 Å². The SMILES string of the molecule is CN(C1CCC1)S(=O)(=O)c1ccccc1C#CCO. The number of aliphatic hydroxyl groups is 1. The van der Waals surface area contributed by atoms with Crippen molar-refractivity contribution in [3.05, 3.63) is 29.8 Å². The zero-order valence-electron chi connectivity index (χ0n) is 10.8. The first-order valence-electron chi connectivity index (χ1n) is 6.24. The first-order valence-corrected chi connectivity index (χ1v) is 7.68. The van der Waals surface area contributed by atoms with Crippen LogP contribution in [-0.4, -0.2) is 37.5 Å². The van der Waals surface area contributed by atoms with Gasteiger partial charge in [-0.15, -0.1) is 0 Å². The maximum Gasteiger partial charge on any atom is 0.244 e. The van der Waals surface area contributed by atoms with Crippen molar-refractivity contribution < 1.29 is 13.5 Å². The second-order valence-corrected chi connectivity index (χ2v) is 6.53. The molecule has 1 fully saturated rings. The molecule has 0 atom stereocenters. The molecule has 0 aromatic heterocycles. The largest absolute Gasteiger partial charge is 0.384 e. The van der Waals surface area contributed by atoms with Crippen LogP contribution in [0.2, 0.25) is 0 Å². The highest BCUT2D eigenvalue weighted by Crippen LogP contribution is 2.29. The molecule has 1 saturated carbocycles. The van der Waals surface area contributed by atoms with Crippen LogP contribution in [0.25, 0.3) is 0 Å². The van der Waals surface area contributed by atoms with Crippen molar-refractivity contribution >= 4 is 10.0 Å². The zero-order chi connectivity index (χ0) is 13.9. The Morgan fingerprint density at radius 3 is 2.63 bits per heavy atom. The van der Waals surface area contributed by atoms with E-state index in [1.807, 2.05) is 0 Å². The van der Waals surface area contributed by atoms with E-state index in [9.17, 15) is 8.42 Å². The van der Waals surface area contributed by atoms with Gasteiger partial charge < -0.3 is 5.11 Å². The van der Waals surface area contributed by atoms with E-state index < -0.39 is 10.0 Å². The standard InChI is InChI=1S/C14H17NO3S/c1-15(13-8-4-9-13)19(17,18)14-10-3-2-6-12(14)7-5-11-16/h2-3,6,10,13,16H,4,8-9,11H2,1H3. The smallest absolute Gasteiger partial charge is 0.244 e. The van der Waals surface area contributed by atoms with Crippen LogP contribution < -0.4 is 0 Å². The summed E-state index contributed by atoms with van der Waals surface area (Å²) in [5.41, 5.74) is 0.433. The predicted molar refractivity (Wildman–Crippen MR) is 73.0 cm³/mol. The molecule has 19 heavy (non-hydrogen) atoms. The monoisotopic (exact) mass is 279 g/mol. The highest BCUT2D eigenvalue weighted by molar-refractivity contribution is 7.89. The highest BCUT2D eigenvalue weighted by atomic mass is 32.2. The summed E-state index contributed by atoms with van der Waals surface area (Å²) in [5.74, 6) is 5.19. The second kappa shape index (κ2) is 5.74. The van der Waals surface area contributed by atoms with Gasteiger partial charge in [0.1, 0.15) is 6.61 Å². The van der Waals surface area contributed by atoms with Gasteiger partial charge in [0.25, 0.3) is 0 Å². The summed E-state index contributed by atoms with van der Waals surface area (Å²) in [7, 11) is -1.89. The summed E-state index contributed by atoms with van der Waals surface area (Å²) >= 11 is 0. The van der Waals surface area contributed by atoms with Gasteiger partial charge in [0.05, 0.1) is 4.90 Å². The van der Waals surface area contributed by atoms with Crippen molar-refractivity contribution in [2.45, 2.75) is 30.2 Å². The van der Waals surface area contributed by atoms with Gasteiger partial charge in [-0.05, 0) is 25.0 Å². The maximum absolute atomic E-state index is 12.5. The zero-order valence-corrected chi connectivity index (χ0v) is 11.7. The van der Waals surface area contributed by atoms with E-state index in [1.54, 1.807) is 31.3 Å². The molecule has 0 spiro atoms. The van der Waals surface area contributed by atoms with Crippen molar-refractivity contribution in [3.8, 4) is 11.8 Å². The topological polar surface area (TPSA) is 57.6 Å². The van der Waals surface area contributed by atoms with Crippen molar-refractivity contribution in [2.24, 2.45) is 0 Å². The fraction of sp³-hybridized carbons (Fsp3) is 0.429. The normalized spacial score (nSPS) is 15.7. The molecule has 102 valence electrons. The fourth-order valence-electron chi connectivity index (χ4n) is 2.03. The molecule has 0 heterocycles. The van der Waals surface area contributed by atoms with Crippen LogP contribution in [0, 0.1) is 11.8 Å². The van der Waals surface area contributed by atoms with Gasteiger partial charge in [0, 0.05) is 18.7 Å². The van der Waals surface area contributed by atoms with Crippen LogP contribution in [0.4, 0.5) is 0 Å². The van der Waals surface area contributed by atoms with E-state index in [2.05, 4.69) is 11.8 Å². The van der Waals surface area contributed by atoms with E-state index in [0.29, 0.717) is 5.56 Å². The van der Waals surface area contributed by atoms with E-state index in [0.717, 1.165) is 19.3 Å². The van der Waals surface area contributed by atoms with Crippen LogP contribution in [0.15, 0.2) is 29.2 Å². The summed E-state index contributed by atoms with van der Waals surface area (Å²) in [6.45, 7) is -0.285. The van der Waals surface area contributed by atoms with Crippen LogP contribution in [0.3, 0.4) is 0 Å². The van der Waals surface area contributed by atoms with Crippen LogP contribution in [0.5, 0.6) is 0 Å². The molecule has 1 aromatic rings. The molecule has 1 N–H and O–H groups in total. The van der Waals surface area contributed by atoms with Gasteiger partial charge in [-0.2, -0.15) is 4.31 Å². The molecular formula is C14H17NO3S. The number of nitrogens with zero attached hydrogens (tertiary/aromatic N) is 1. The van der Waals surface area contributed by atoms with Crippen LogP contribution in [-0.2, 0) is 10.0 Å². The molecule has 2 rings (SSSR count). The van der Waals surface area contributed by atoms with Gasteiger partial charge in [-0.3, -0.25) is 0 Å². The van der Waals surface area contributed by atoms with Crippen LogP contribution >= 0.6 is 0 Å². The van der Waals surface area contributed by atoms with Crippen molar-refractivity contribution in [2.75, 3.05) is 13.7 Å². The minimum Gasteiger partial charge on any atom is -0.384 e. The number of rotatable bonds is 3. The van der Waals surface area contributed by atoms with E-state index in [-0.39, 0.29) is 17.5 Å². The molecule has 0 aliphatic heterocycles. The second-order valence-electron chi connectivity index (χ2n) is 4.56. The third-order valence-corrected chi connectivity index (χ3v) is 5.40. The molecule has 0 saturated heterocycles. The Labute approximate surface area is 114 Å². The lowest BCUT2D eigenvalue weighted by Crippen LogP contribution is -2.41. The Morgan fingerprint density at radius 1 is 1.37 bits per heavy atom. The first kappa shape index (κ1) is 14.1. The Bertz CT molecular complexity index is 609. The number of hydrogen-bond donors (Lipinski definition) is 1. The Kier molecular flexibility index (Phi) is 4.25. The summed E-state index contributed by atoms with van der Waals surface area (Å²) in [4.78, 5) is 0.213. The van der Waals surface area contributed by atoms with E-state index >= 15 is 0 Å². The van der Waals surface area contributed by atoms with E-state index in [4.69, 9.17) is 5.11 Å². The van der Waals surface area contributed by atoms with Gasteiger partial charge in [-0.1, -0.05) is 30.4 Å². The van der Waals surface area contributed by atoms with Gasteiger partial charge in [0.15, 0.2) is 0 Å². The number of hydrogen-bond acceptors (Lipinski definition) is 3. The average molecular weight is 279 g/mol. The lowest BCUT2D eigenvalue weighted by Gasteiger charge is -2.33. The maximum atomic E-state index is 12.5. The van der Waals surface area contributed by atoms with Crippen molar-refractivity contribution in [1.29, 1.82) is 0 Å². The molecule has 0 unspecified atom stereocenters. The van der Waals surface area contributed by atoms with Gasteiger partial charge in [-0.25, -0.2) is 8.42 Å². The molecule has 5 heteroatoms. The first-order chi connectivity index (χ1) is 9.07. The quantitative estimate of drug-likeness (QED) is 0.846. The molecule has 4 nitrogen and oxygen atoms in total. The third-order valence-electron chi connectivity index (χ3n) is 3.44.